The van der Waals surface area contributed by atoms with Crippen molar-refractivity contribution >= 4 is 23.2 Å². The summed E-state index contributed by atoms with van der Waals surface area (Å²) in [6.45, 7) is 0.751. The minimum absolute atomic E-state index is 0.508. The number of nitrogens with zero attached hydrogens (tertiary/aromatic N) is 4. The molecule has 0 saturated carbocycles. The van der Waals surface area contributed by atoms with E-state index in [1.165, 1.54) is 0 Å². The molecule has 0 saturated heterocycles. The first-order valence-electron chi connectivity index (χ1n) is 5.07. The van der Waals surface area contributed by atoms with Gasteiger partial charge in [0.2, 0.25) is 0 Å². The first-order valence-corrected chi connectivity index (χ1v) is 5.83. The number of hydrogen-bond donors (Lipinski definition) is 0. The van der Waals surface area contributed by atoms with Gasteiger partial charge in [0.1, 0.15) is 0 Å². The number of benzene rings is 1. The monoisotopic (exact) mass is 270 g/mol. The van der Waals surface area contributed by atoms with Crippen LogP contribution in [0.1, 0.15) is 5.69 Å². The van der Waals surface area contributed by atoms with E-state index in [0.717, 1.165) is 17.9 Å². The van der Waals surface area contributed by atoms with E-state index in [4.69, 9.17) is 23.2 Å². The SMILES string of the molecule is CN(C)Cc1cn(-c2ccc(Cl)c(Cl)c2)nn1. The summed E-state index contributed by atoms with van der Waals surface area (Å²) in [4.78, 5) is 2.03. The molecule has 0 bridgehead atoms. The molecule has 0 aliphatic heterocycles. The zero-order chi connectivity index (χ0) is 12.4. The predicted molar refractivity (Wildman–Crippen MR) is 68.8 cm³/mol. The normalized spacial score (nSPS) is 11.1. The van der Waals surface area contributed by atoms with E-state index in [1.807, 2.05) is 31.3 Å². The first-order chi connectivity index (χ1) is 8.06. The largest absolute Gasteiger partial charge is 0.303 e. The minimum Gasteiger partial charge on any atom is -0.303 e. The van der Waals surface area contributed by atoms with Gasteiger partial charge in [0.05, 0.1) is 27.6 Å². The van der Waals surface area contributed by atoms with Gasteiger partial charge < -0.3 is 4.90 Å². The molecule has 0 atom stereocenters. The summed E-state index contributed by atoms with van der Waals surface area (Å²) in [5.41, 5.74) is 1.75. The van der Waals surface area contributed by atoms with Gasteiger partial charge in [-0.25, -0.2) is 4.68 Å². The summed E-state index contributed by atoms with van der Waals surface area (Å²) in [5, 5.41) is 9.17. The zero-order valence-electron chi connectivity index (χ0n) is 9.56. The molecule has 0 aliphatic rings. The zero-order valence-corrected chi connectivity index (χ0v) is 11.1. The van der Waals surface area contributed by atoms with Crippen LogP contribution in [0.15, 0.2) is 24.4 Å². The molecule has 0 amide bonds. The Morgan fingerprint density at radius 2 is 2.00 bits per heavy atom. The Morgan fingerprint density at radius 3 is 2.65 bits per heavy atom. The fourth-order valence-electron chi connectivity index (χ4n) is 1.45. The Hall–Kier alpha value is -1.10. The van der Waals surface area contributed by atoms with E-state index >= 15 is 0 Å². The Labute approximate surface area is 110 Å². The highest BCUT2D eigenvalue weighted by atomic mass is 35.5. The number of halogens is 2. The second-order valence-electron chi connectivity index (χ2n) is 3.99. The highest BCUT2D eigenvalue weighted by Gasteiger charge is 2.05. The number of aromatic nitrogens is 3. The molecule has 6 heteroatoms. The Balaban J connectivity index is 2.27. The fourth-order valence-corrected chi connectivity index (χ4v) is 1.74. The Bertz CT molecular complexity index is 522. The van der Waals surface area contributed by atoms with Crippen LogP contribution in [-0.4, -0.2) is 34.0 Å². The lowest BCUT2D eigenvalue weighted by atomic mass is 10.3. The van der Waals surface area contributed by atoms with Gasteiger partial charge in [0.15, 0.2) is 0 Å². The second kappa shape index (κ2) is 5.04. The number of rotatable bonds is 3. The molecule has 0 radical (unpaired) electrons. The van der Waals surface area contributed by atoms with E-state index in [2.05, 4.69) is 10.3 Å². The maximum Gasteiger partial charge on any atom is 0.0971 e. The van der Waals surface area contributed by atoms with Crippen molar-refractivity contribution in [2.45, 2.75) is 6.54 Å². The summed E-state index contributed by atoms with van der Waals surface area (Å²) in [5.74, 6) is 0. The molecule has 0 unspecified atom stereocenters. The number of hydrogen-bond acceptors (Lipinski definition) is 3. The molecule has 1 aromatic heterocycles. The van der Waals surface area contributed by atoms with Crippen LogP contribution in [0.5, 0.6) is 0 Å². The van der Waals surface area contributed by atoms with Crippen LogP contribution in [0.2, 0.25) is 10.0 Å². The molecule has 0 aliphatic carbocycles. The summed E-state index contributed by atoms with van der Waals surface area (Å²) in [6.07, 6.45) is 1.87. The summed E-state index contributed by atoms with van der Waals surface area (Å²) in [7, 11) is 3.97. The molecule has 2 rings (SSSR count). The summed E-state index contributed by atoms with van der Waals surface area (Å²) >= 11 is 11.8. The average Bonchev–Trinajstić information content (AvgIpc) is 2.69. The fraction of sp³-hybridized carbons (Fsp3) is 0.273. The van der Waals surface area contributed by atoms with Crippen LogP contribution in [0, 0.1) is 0 Å². The standard InChI is InChI=1S/C11H12Cl2N4/c1-16(2)6-8-7-17(15-14-8)9-3-4-10(12)11(13)5-9/h3-5,7H,6H2,1-2H3. The smallest absolute Gasteiger partial charge is 0.0971 e. The lowest BCUT2D eigenvalue weighted by molar-refractivity contribution is 0.396. The van der Waals surface area contributed by atoms with Crippen LogP contribution >= 0.6 is 23.2 Å². The second-order valence-corrected chi connectivity index (χ2v) is 4.81. The van der Waals surface area contributed by atoms with E-state index in [9.17, 15) is 0 Å². The van der Waals surface area contributed by atoms with Crippen molar-refractivity contribution in [1.82, 2.24) is 19.9 Å². The van der Waals surface area contributed by atoms with Gasteiger partial charge in [-0.15, -0.1) is 5.10 Å². The molecule has 90 valence electrons. The van der Waals surface area contributed by atoms with Gasteiger partial charge in [-0.05, 0) is 32.3 Å². The predicted octanol–water partition coefficient (Wildman–Crippen LogP) is 2.64. The van der Waals surface area contributed by atoms with Crippen molar-refractivity contribution in [3.8, 4) is 5.69 Å². The van der Waals surface area contributed by atoms with Crippen LogP contribution in [-0.2, 0) is 6.54 Å². The molecule has 4 nitrogen and oxygen atoms in total. The van der Waals surface area contributed by atoms with Gasteiger partial charge >= 0.3 is 0 Å². The van der Waals surface area contributed by atoms with Gasteiger partial charge in [-0.3, -0.25) is 0 Å². The van der Waals surface area contributed by atoms with E-state index in [0.29, 0.717) is 10.0 Å². The van der Waals surface area contributed by atoms with Crippen molar-refractivity contribution in [2.24, 2.45) is 0 Å². The van der Waals surface area contributed by atoms with Crippen molar-refractivity contribution in [1.29, 1.82) is 0 Å². The van der Waals surface area contributed by atoms with Gasteiger partial charge in [0.25, 0.3) is 0 Å². The van der Waals surface area contributed by atoms with E-state index in [1.54, 1.807) is 16.8 Å². The third kappa shape index (κ3) is 2.97. The molecular weight excluding hydrogens is 259 g/mol. The summed E-state index contributed by atoms with van der Waals surface area (Å²) in [6, 6.07) is 5.35. The van der Waals surface area contributed by atoms with Crippen LogP contribution in [0.25, 0.3) is 5.69 Å². The first kappa shape index (κ1) is 12.4. The van der Waals surface area contributed by atoms with Crippen molar-refractivity contribution in [3.05, 3.63) is 40.1 Å². The van der Waals surface area contributed by atoms with Gasteiger partial charge in [0, 0.05) is 6.54 Å². The Kier molecular flexibility index (Phi) is 3.66. The van der Waals surface area contributed by atoms with E-state index in [-0.39, 0.29) is 0 Å². The minimum atomic E-state index is 0.508. The van der Waals surface area contributed by atoms with Crippen LogP contribution in [0.3, 0.4) is 0 Å². The highest BCUT2D eigenvalue weighted by Crippen LogP contribution is 2.24. The quantitative estimate of drug-likeness (QED) is 0.860. The van der Waals surface area contributed by atoms with E-state index < -0.39 is 0 Å². The third-order valence-electron chi connectivity index (χ3n) is 2.19. The molecule has 0 N–H and O–H groups in total. The molecular formula is C11H12Cl2N4. The lowest BCUT2D eigenvalue weighted by Crippen LogP contribution is -2.10. The van der Waals surface area contributed by atoms with Crippen molar-refractivity contribution in [2.75, 3.05) is 14.1 Å². The summed E-state index contributed by atoms with van der Waals surface area (Å²) < 4.78 is 1.68. The topological polar surface area (TPSA) is 34.0 Å². The van der Waals surface area contributed by atoms with Gasteiger partial charge in [-0.1, -0.05) is 28.4 Å². The molecule has 0 spiro atoms. The maximum absolute atomic E-state index is 5.95. The molecule has 0 fully saturated rings. The average molecular weight is 271 g/mol. The molecule has 17 heavy (non-hydrogen) atoms. The Morgan fingerprint density at radius 1 is 1.24 bits per heavy atom. The maximum atomic E-state index is 5.95. The molecule has 1 heterocycles. The lowest BCUT2D eigenvalue weighted by Gasteiger charge is -2.05. The van der Waals surface area contributed by atoms with Gasteiger partial charge in [-0.2, -0.15) is 0 Å². The molecule has 1 aromatic carbocycles. The van der Waals surface area contributed by atoms with Crippen LogP contribution in [0.4, 0.5) is 0 Å². The van der Waals surface area contributed by atoms with Crippen LogP contribution < -0.4 is 0 Å². The van der Waals surface area contributed by atoms with Crippen molar-refractivity contribution in [3.63, 3.8) is 0 Å². The van der Waals surface area contributed by atoms with Crippen molar-refractivity contribution < 1.29 is 0 Å². The third-order valence-corrected chi connectivity index (χ3v) is 2.93. The molecule has 2 aromatic rings. The highest BCUT2D eigenvalue weighted by molar-refractivity contribution is 6.42.